The summed E-state index contributed by atoms with van der Waals surface area (Å²) in [4.78, 5) is 2.47. The molecule has 0 spiro atoms. The molecule has 1 aromatic rings. The van der Waals surface area contributed by atoms with Crippen molar-refractivity contribution in [3.63, 3.8) is 0 Å². The van der Waals surface area contributed by atoms with E-state index in [1.807, 2.05) is 0 Å². The summed E-state index contributed by atoms with van der Waals surface area (Å²) in [5.74, 6) is 0. The molecule has 1 aromatic carbocycles. The van der Waals surface area contributed by atoms with Crippen LogP contribution in [0.2, 0.25) is 0 Å². The molecular formula is C16H27N3. The van der Waals surface area contributed by atoms with E-state index in [1.54, 1.807) is 0 Å². The molecule has 19 heavy (non-hydrogen) atoms. The maximum absolute atomic E-state index is 3.58. The van der Waals surface area contributed by atoms with E-state index >= 15 is 0 Å². The Morgan fingerprint density at radius 3 is 2.95 bits per heavy atom. The zero-order valence-electron chi connectivity index (χ0n) is 12.5. The first kappa shape index (κ1) is 14.5. The largest absolute Gasteiger partial charge is 0.314 e. The van der Waals surface area contributed by atoms with Crippen molar-refractivity contribution < 1.29 is 0 Å². The molecule has 1 unspecified atom stereocenters. The van der Waals surface area contributed by atoms with Gasteiger partial charge in [-0.25, -0.2) is 0 Å². The Morgan fingerprint density at radius 2 is 2.21 bits per heavy atom. The third-order valence-electron chi connectivity index (χ3n) is 4.11. The van der Waals surface area contributed by atoms with Crippen LogP contribution < -0.4 is 10.6 Å². The van der Waals surface area contributed by atoms with Gasteiger partial charge in [-0.3, -0.25) is 0 Å². The first-order valence-corrected chi connectivity index (χ1v) is 7.34. The van der Waals surface area contributed by atoms with Crippen LogP contribution in [0.1, 0.15) is 23.1 Å². The predicted octanol–water partition coefficient (Wildman–Crippen LogP) is 1.69. The molecule has 0 saturated carbocycles. The lowest BCUT2D eigenvalue weighted by Crippen LogP contribution is -2.50. The van der Waals surface area contributed by atoms with Gasteiger partial charge in [-0.05, 0) is 45.0 Å². The topological polar surface area (TPSA) is 27.3 Å². The standard InChI is InChI=1S/C16H27N3/c1-13-4-5-15(14(2)10-13)11-17-7-6-16-12-18-8-9-19(16)3/h4-5,10,16-18H,6-9,11-12H2,1-3H3. The number of nitrogens with zero attached hydrogens (tertiary/aromatic N) is 1. The molecule has 0 radical (unpaired) electrons. The molecule has 1 aliphatic rings. The summed E-state index contributed by atoms with van der Waals surface area (Å²) in [6.45, 7) is 9.84. The van der Waals surface area contributed by atoms with Crippen molar-refractivity contribution in [1.29, 1.82) is 0 Å². The number of nitrogens with one attached hydrogen (secondary N) is 2. The maximum atomic E-state index is 3.58. The van der Waals surface area contributed by atoms with E-state index in [0.29, 0.717) is 6.04 Å². The lowest BCUT2D eigenvalue weighted by molar-refractivity contribution is 0.189. The third kappa shape index (κ3) is 4.30. The van der Waals surface area contributed by atoms with Crippen molar-refractivity contribution in [3.05, 3.63) is 34.9 Å². The van der Waals surface area contributed by atoms with Crippen LogP contribution in [0.5, 0.6) is 0 Å². The van der Waals surface area contributed by atoms with Crippen LogP contribution in [0.15, 0.2) is 18.2 Å². The Bertz CT molecular complexity index is 403. The summed E-state index contributed by atoms with van der Waals surface area (Å²) in [6, 6.07) is 7.38. The highest BCUT2D eigenvalue weighted by Gasteiger charge is 2.17. The predicted molar refractivity (Wildman–Crippen MR) is 81.5 cm³/mol. The summed E-state index contributed by atoms with van der Waals surface area (Å²) >= 11 is 0. The molecule has 2 N–H and O–H groups in total. The molecule has 2 rings (SSSR count). The van der Waals surface area contributed by atoms with Gasteiger partial charge in [0.15, 0.2) is 0 Å². The van der Waals surface area contributed by atoms with Gasteiger partial charge in [-0.2, -0.15) is 0 Å². The molecule has 1 heterocycles. The molecule has 1 aliphatic heterocycles. The minimum atomic E-state index is 0.681. The Hall–Kier alpha value is -0.900. The number of aryl methyl sites for hydroxylation is 2. The van der Waals surface area contributed by atoms with Crippen molar-refractivity contribution in [2.45, 2.75) is 32.9 Å². The van der Waals surface area contributed by atoms with Crippen LogP contribution in [0.4, 0.5) is 0 Å². The molecule has 3 nitrogen and oxygen atoms in total. The molecule has 106 valence electrons. The zero-order valence-corrected chi connectivity index (χ0v) is 12.5. The van der Waals surface area contributed by atoms with E-state index in [-0.39, 0.29) is 0 Å². The van der Waals surface area contributed by atoms with Crippen LogP contribution in [-0.4, -0.2) is 44.2 Å². The molecule has 0 amide bonds. The monoisotopic (exact) mass is 261 g/mol. The van der Waals surface area contributed by atoms with Gasteiger partial charge in [-0.1, -0.05) is 23.8 Å². The van der Waals surface area contributed by atoms with Crippen molar-refractivity contribution in [1.82, 2.24) is 15.5 Å². The lowest BCUT2D eigenvalue weighted by Gasteiger charge is -2.33. The van der Waals surface area contributed by atoms with E-state index in [4.69, 9.17) is 0 Å². The maximum Gasteiger partial charge on any atom is 0.0230 e. The SMILES string of the molecule is Cc1ccc(CNCCC2CNCCN2C)c(C)c1. The highest BCUT2D eigenvalue weighted by molar-refractivity contribution is 5.30. The van der Waals surface area contributed by atoms with Crippen molar-refractivity contribution in [2.24, 2.45) is 0 Å². The van der Waals surface area contributed by atoms with Crippen molar-refractivity contribution >= 4 is 0 Å². The Balaban J connectivity index is 1.71. The molecular weight excluding hydrogens is 234 g/mol. The van der Waals surface area contributed by atoms with E-state index in [9.17, 15) is 0 Å². The fourth-order valence-electron chi connectivity index (χ4n) is 2.72. The Labute approximate surface area is 117 Å². The van der Waals surface area contributed by atoms with Crippen LogP contribution in [0.3, 0.4) is 0 Å². The Morgan fingerprint density at radius 1 is 1.37 bits per heavy atom. The summed E-state index contributed by atoms with van der Waals surface area (Å²) in [7, 11) is 2.23. The summed E-state index contributed by atoms with van der Waals surface area (Å²) in [5.41, 5.74) is 4.15. The van der Waals surface area contributed by atoms with E-state index in [1.165, 1.54) is 29.7 Å². The molecule has 1 saturated heterocycles. The number of likely N-dealkylation sites (N-methyl/N-ethyl adjacent to an activating group) is 1. The minimum Gasteiger partial charge on any atom is -0.314 e. The van der Waals surface area contributed by atoms with Gasteiger partial charge in [0, 0.05) is 32.2 Å². The molecule has 0 aromatic heterocycles. The van der Waals surface area contributed by atoms with E-state index in [0.717, 1.165) is 26.2 Å². The van der Waals surface area contributed by atoms with Gasteiger partial charge in [-0.15, -0.1) is 0 Å². The molecule has 0 bridgehead atoms. The quantitative estimate of drug-likeness (QED) is 0.790. The average molecular weight is 261 g/mol. The Kier molecular flexibility index (Phi) is 5.37. The van der Waals surface area contributed by atoms with Gasteiger partial charge in [0.1, 0.15) is 0 Å². The second-order valence-corrected chi connectivity index (χ2v) is 5.73. The fraction of sp³-hybridized carbons (Fsp3) is 0.625. The summed E-state index contributed by atoms with van der Waals surface area (Å²) < 4.78 is 0. The number of benzene rings is 1. The van der Waals surface area contributed by atoms with Gasteiger partial charge < -0.3 is 15.5 Å². The second kappa shape index (κ2) is 7.04. The second-order valence-electron chi connectivity index (χ2n) is 5.73. The van der Waals surface area contributed by atoms with E-state index < -0.39 is 0 Å². The average Bonchev–Trinajstić information content (AvgIpc) is 2.38. The van der Waals surface area contributed by atoms with Gasteiger partial charge in [0.25, 0.3) is 0 Å². The van der Waals surface area contributed by atoms with Gasteiger partial charge in [0.2, 0.25) is 0 Å². The van der Waals surface area contributed by atoms with Crippen molar-refractivity contribution in [3.8, 4) is 0 Å². The van der Waals surface area contributed by atoms with E-state index in [2.05, 4.69) is 54.6 Å². The zero-order chi connectivity index (χ0) is 13.7. The molecule has 1 fully saturated rings. The van der Waals surface area contributed by atoms with Gasteiger partial charge >= 0.3 is 0 Å². The first-order chi connectivity index (χ1) is 9.16. The number of hydrogen-bond donors (Lipinski definition) is 2. The number of piperazine rings is 1. The summed E-state index contributed by atoms with van der Waals surface area (Å²) in [6.07, 6.45) is 1.22. The van der Waals surface area contributed by atoms with Gasteiger partial charge in [0.05, 0.1) is 0 Å². The third-order valence-corrected chi connectivity index (χ3v) is 4.11. The van der Waals surface area contributed by atoms with Crippen LogP contribution in [0.25, 0.3) is 0 Å². The lowest BCUT2D eigenvalue weighted by atomic mass is 10.1. The fourth-order valence-corrected chi connectivity index (χ4v) is 2.72. The van der Waals surface area contributed by atoms with Crippen molar-refractivity contribution in [2.75, 3.05) is 33.2 Å². The number of rotatable bonds is 5. The molecule has 0 aliphatic carbocycles. The first-order valence-electron chi connectivity index (χ1n) is 7.34. The van der Waals surface area contributed by atoms with Crippen LogP contribution in [0, 0.1) is 13.8 Å². The highest BCUT2D eigenvalue weighted by atomic mass is 15.2. The molecule has 3 heteroatoms. The smallest absolute Gasteiger partial charge is 0.0230 e. The van der Waals surface area contributed by atoms with Crippen LogP contribution >= 0.6 is 0 Å². The minimum absolute atomic E-state index is 0.681. The van der Waals surface area contributed by atoms with Crippen LogP contribution in [-0.2, 0) is 6.54 Å². The normalized spacial score (nSPS) is 20.7. The molecule has 1 atom stereocenters. The summed E-state index contributed by atoms with van der Waals surface area (Å²) in [5, 5.41) is 7.05. The highest BCUT2D eigenvalue weighted by Crippen LogP contribution is 2.10. The number of hydrogen-bond acceptors (Lipinski definition) is 3.